The molecule has 0 spiro atoms. The van der Waals surface area contributed by atoms with E-state index in [9.17, 15) is 9.59 Å². The van der Waals surface area contributed by atoms with Crippen molar-refractivity contribution in [1.82, 2.24) is 0 Å². The van der Waals surface area contributed by atoms with E-state index < -0.39 is 0 Å². The number of benzene rings is 4. The van der Waals surface area contributed by atoms with E-state index in [0.29, 0.717) is 0 Å². The summed E-state index contributed by atoms with van der Waals surface area (Å²) in [7, 11) is 0. The van der Waals surface area contributed by atoms with Crippen LogP contribution in [0, 0.1) is 0 Å². The molecular formula is C34H28O2Pd. The van der Waals surface area contributed by atoms with Crippen molar-refractivity contribution in [2.45, 2.75) is 0 Å². The Morgan fingerprint density at radius 1 is 0.351 bits per heavy atom. The van der Waals surface area contributed by atoms with Gasteiger partial charge in [-0.05, 0) is 46.6 Å². The number of rotatable bonds is 8. The molecule has 0 aliphatic rings. The van der Waals surface area contributed by atoms with Gasteiger partial charge in [-0.15, -0.1) is 0 Å². The molecule has 0 fully saturated rings. The van der Waals surface area contributed by atoms with E-state index in [0.717, 1.165) is 22.3 Å². The van der Waals surface area contributed by atoms with Gasteiger partial charge in [0, 0.05) is 20.4 Å². The third-order valence-corrected chi connectivity index (χ3v) is 4.96. The van der Waals surface area contributed by atoms with Crippen LogP contribution in [0.15, 0.2) is 146 Å². The fourth-order valence-electron chi connectivity index (χ4n) is 3.08. The van der Waals surface area contributed by atoms with Crippen LogP contribution in [0.3, 0.4) is 0 Å². The number of hydrogen-bond donors (Lipinski definition) is 0. The summed E-state index contributed by atoms with van der Waals surface area (Å²) in [6.45, 7) is 0. The third-order valence-electron chi connectivity index (χ3n) is 4.96. The van der Waals surface area contributed by atoms with Crippen molar-refractivity contribution in [1.29, 1.82) is 0 Å². The van der Waals surface area contributed by atoms with Crippen molar-refractivity contribution in [2.75, 3.05) is 0 Å². The van der Waals surface area contributed by atoms with Crippen molar-refractivity contribution in [2.24, 2.45) is 0 Å². The summed E-state index contributed by atoms with van der Waals surface area (Å²) in [4.78, 5) is 23.2. The van der Waals surface area contributed by atoms with Crippen LogP contribution in [0.2, 0.25) is 0 Å². The zero-order chi connectivity index (χ0) is 25.3. The maximum Gasteiger partial charge on any atom is 0.178 e. The summed E-state index contributed by atoms with van der Waals surface area (Å²) in [6.07, 6.45) is 13.6. The van der Waals surface area contributed by atoms with E-state index in [2.05, 4.69) is 0 Å². The molecule has 0 saturated heterocycles. The van der Waals surface area contributed by atoms with E-state index in [1.54, 1.807) is 24.3 Å². The summed E-state index contributed by atoms with van der Waals surface area (Å²) < 4.78 is 0. The SMILES string of the molecule is O=C(/C=C\c1ccccc1)/C=C/c1ccccc1.O=C(/C=C\c1ccccc1)/C=C/c1ccccc1.[Pd]. The van der Waals surface area contributed by atoms with Gasteiger partial charge in [0.05, 0.1) is 0 Å². The molecule has 0 unspecified atom stereocenters. The Balaban J connectivity index is 0.000000253. The van der Waals surface area contributed by atoms with Gasteiger partial charge < -0.3 is 0 Å². The van der Waals surface area contributed by atoms with Crippen LogP contribution < -0.4 is 0 Å². The second kappa shape index (κ2) is 17.3. The minimum atomic E-state index is -0.0114. The van der Waals surface area contributed by atoms with Gasteiger partial charge in [0.2, 0.25) is 0 Å². The number of ketones is 2. The molecule has 0 heterocycles. The molecule has 0 atom stereocenters. The van der Waals surface area contributed by atoms with E-state index in [1.165, 1.54) is 0 Å². The number of allylic oxidation sites excluding steroid dienone is 4. The predicted molar refractivity (Wildman–Crippen MR) is 152 cm³/mol. The molecule has 4 aromatic carbocycles. The van der Waals surface area contributed by atoms with E-state index in [-0.39, 0.29) is 32.0 Å². The van der Waals surface area contributed by atoms with Crippen molar-refractivity contribution in [3.63, 3.8) is 0 Å². The second-order valence-corrected chi connectivity index (χ2v) is 7.78. The molecule has 3 heteroatoms. The Morgan fingerprint density at radius 3 is 0.730 bits per heavy atom. The quantitative estimate of drug-likeness (QED) is 0.158. The monoisotopic (exact) mass is 574 g/mol. The fraction of sp³-hybridized carbons (Fsp3) is 0. The van der Waals surface area contributed by atoms with Gasteiger partial charge in [0.25, 0.3) is 0 Å². The molecule has 4 aromatic rings. The molecule has 0 radical (unpaired) electrons. The Hall–Kier alpha value is -4.16. The first kappa shape index (κ1) is 29.1. The minimum Gasteiger partial charge on any atom is -0.290 e. The van der Waals surface area contributed by atoms with Crippen LogP contribution in [0.4, 0.5) is 0 Å². The number of carbonyl (C=O) groups excluding carboxylic acids is 2. The van der Waals surface area contributed by atoms with Gasteiger partial charge in [-0.25, -0.2) is 0 Å². The topological polar surface area (TPSA) is 34.1 Å². The van der Waals surface area contributed by atoms with Gasteiger partial charge in [-0.1, -0.05) is 146 Å². The number of hydrogen-bond acceptors (Lipinski definition) is 2. The van der Waals surface area contributed by atoms with Crippen molar-refractivity contribution < 1.29 is 30.0 Å². The molecule has 0 aliphatic carbocycles. The van der Waals surface area contributed by atoms with Crippen LogP contribution in [0.5, 0.6) is 0 Å². The molecule has 0 bridgehead atoms. The van der Waals surface area contributed by atoms with Crippen LogP contribution in [0.25, 0.3) is 24.3 Å². The average molecular weight is 575 g/mol. The van der Waals surface area contributed by atoms with E-state index in [4.69, 9.17) is 0 Å². The van der Waals surface area contributed by atoms with Gasteiger partial charge in [0.15, 0.2) is 11.6 Å². The molecule has 0 aliphatic heterocycles. The minimum absolute atomic E-state index is 0. The van der Waals surface area contributed by atoms with Gasteiger partial charge in [-0.3, -0.25) is 9.59 Å². The van der Waals surface area contributed by atoms with Gasteiger partial charge in [0.1, 0.15) is 0 Å². The Kier molecular flexibility index (Phi) is 13.6. The molecule has 4 rings (SSSR count). The zero-order valence-corrected chi connectivity index (χ0v) is 21.9. The van der Waals surface area contributed by atoms with E-state index >= 15 is 0 Å². The normalized spacial score (nSPS) is 10.8. The molecule has 0 amide bonds. The average Bonchev–Trinajstić information content (AvgIpc) is 2.95. The van der Waals surface area contributed by atoms with Crippen LogP contribution >= 0.6 is 0 Å². The molecule has 0 aromatic heterocycles. The zero-order valence-electron chi connectivity index (χ0n) is 20.3. The third kappa shape index (κ3) is 12.4. The molecule has 37 heavy (non-hydrogen) atoms. The predicted octanol–water partition coefficient (Wildman–Crippen LogP) is 7.96. The van der Waals surface area contributed by atoms with Crippen molar-refractivity contribution in [3.8, 4) is 0 Å². The van der Waals surface area contributed by atoms with E-state index in [1.807, 2.05) is 146 Å². The fourth-order valence-corrected chi connectivity index (χ4v) is 3.08. The summed E-state index contributed by atoms with van der Waals surface area (Å²) in [5.41, 5.74) is 4.11. The summed E-state index contributed by atoms with van der Waals surface area (Å²) in [5, 5.41) is 0. The summed E-state index contributed by atoms with van der Waals surface area (Å²) >= 11 is 0. The maximum atomic E-state index is 11.6. The Morgan fingerprint density at radius 2 is 0.541 bits per heavy atom. The van der Waals surface area contributed by atoms with Crippen LogP contribution in [0.1, 0.15) is 22.3 Å². The molecule has 186 valence electrons. The second-order valence-electron chi connectivity index (χ2n) is 7.78. The van der Waals surface area contributed by atoms with Crippen LogP contribution in [-0.4, -0.2) is 11.6 Å². The standard InChI is InChI=1S/2C17H14O.Pd/c2*18-17(13-11-15-7-3-1-4-8-15)14-12-16-9-5-2-6-10-16;/h2*1-14H;/b2*13-11-,14-12+;. The Bertz CT molecular complexity index is 1110. The smallest absolute Gasteiger partial charge is 0.178 e. The largest absolute Gasteiger partial charge is 0.290 e. The molecular weight excluding hydrogens is 547 g/mol. The van der Waals surface area contributed by atoms with Crippen molar-refractivity contribution >= 4 is 35.9 Å². The first-order chi connectivity index (χ1) is 17.7. The van der Waals surface area contributed by atoms with Crippen LogP contribution in [-0.2, 0) is 30.0 Å². The van der Waals surface area contributed by atoms with Crippen molar-refractivity contribution in [3.05, 3.63) is 168 Å². The van der Waals surface area contributed by atoms with Gasteiger partial charge in [-0.2, -0.15) is 0 Å². The van der Waals surface area contributed by atoms with Gasteiger partial charge >= 0.3 is 0 Å². The summed E-state index contributed by atoms with van der Waals surface area (Å²) in [5.74, 6) is -0.0228. The first-order valence-corrected chi connectivity index (χ1v) is 11.7. The number of carbonyl (C=O) groups is 2. The first-order valence-electron chi connectivity index (χ1n) is 11.7. The molecule has 0 N–H and O–H groups in total. The summed E-state index contributed by atoms with van der Waals surface area (Å²) in [6, 6.07) is 39.1. The Labute approximate surface area is 233 Å². The molecule has 2 nitrogen and oxygen atoms in total. The molecule has 0 saturated carbocycles. The maximum absolute atomic E-state index is 11.6.